The summed E-state index contributed by atoms with van der Waals surface area (Å²) in [5, 5.41) is 9.28. The Bertz CT molecular complexity index is 292. The first-order valence-corrected chi connectivity index (χ1v) is 6.58. The van der Waals surface area contributed by atoms with Crippen LogP contribution in [0.1, 0.15) is 24.7 Å². The van der Waals surface area contributed by atoms with Crippen LogP contribution >= 0.6 is 11.8 Å². The van der Waals surface area contributed by atoms with Crippen LogP contribution in [0.25, 0.3) is 0 Å². The van der Waals surface area contributed by atoms with Gasteiger partial charge in [-0.15, -0.1) is 0 Å². The highest BCUT2D eigenvalue weighted by atomic mass is 32.2. The maximum atomic E-state index is 9.00. The van der Waals surface area contributed by atoms with E-state index in [2.05, 4.69) is 4.98 Å². The van der Waals surface area contributed by atoms with E-state index in [4.69, 9.17) is 10.8 Å². The van der Waals surface area contributed by atoms with Crippen molar-refractivity contribution in [1.29, 1.82) is 0 Å². The number of hydrogen-bond donors (Lipinski definition) is 2. The van der Waals surface area contributed by atoms with E-state index in [1.54, 1.807) is 24.2 Å². The first kappa shape index (κ1) is 13.5. The van der Waals surface area contributed by atoms with Gasteiger partial charge in [0.25, 0.3) is 0 Å². The number of aromatic nitrogens is 1. The molecule has 3 N–H and O–H groups in total. The van der Waals surface area contributed by atoms with E-state index in [1.807, 2.05) is 26.0 Å². The minimum atomic E-state index is 0.0956. The molecule has 0 spiro atoms. The molecule has 0 aliphatic rings. The summed E-state index contributed by atoms with van der Waals surface area (Å²) >= 11 is 1.80. The Morgan fingerprint density at radius 3 is 2.50 bits per heavy atom. The van der Waals surface area contributed by atoms with E-state index < -0.39 is 0 Å². The second-order valence-corrected chi connectivity index (χ2v) is 5.36. The van der Waals surface area contributed by atoms with Crippen molar-refractivity contribution in [3.05, 3.63) is 30.1 Å². The van der Waals surface area contributed by atoms with Crippen molar-refractivity contribution >= 4 is 11.8 Å². The van der Waals surface area contributed by atoms with Gasteiger partial charge in [-0.2, -0.15) is 11.8 Å². The minimum Gasteiger partial charge on any atom is -0.396 e. The minimum absolute atomic E-state index is 0.0956. The fourth-order valence-electron chi connectivity index (χ4n) is 1.43. The van der Waals surface area contributed by atoms with E-state index in [1.165, 1.54) is 5.56 Å². The lowest BCUT2D eigenvalue weighted by Crippen LogP contribution is -2.23. The highest BCUT2D eigenvalue weighted by molar-refractivity contribution is 7.99. The third-order valence-corrected chi connectivity index (χ3v) is 4.21. The zero-order chi connectivity index (χ0) is 12.0. The Hall–Kier alpha value is -0.580. The van der Waals surface area contributed by atoms with Gasteiger partial charge in [-0.1, -0.05) is 6.92 Å². The molecule has 0 fully saturated rings. The van der Waals surface area contributed by atoms with Gasteiger partial charge in [-0.25, -0.2) is 0 Å². The number of thioether (sulfide) groups is 1. The molecule has 0 amide bonds. The molecule has 0 saturated heterocycles. The standard InChI is InChI=1S/C12H20N2OS/c1-9(7-15)8-16-12(10(2)13)11-3-5-14-6-4-11/h3-6,9-10,12,15H,7-8,13H2,1-2H3. The summed E-state index contributed by atoms with van der Waals surface area (Å²) in [4.78, 5) is 4.01. The third-order valence-electron chi connectivity index (χ3n) is 2.38. The van der Waals surface area contributed by atoms with Gasteiger partial charge < -0.3 is 10.8 Å². The van der Waals surface area contributed by atoms with Gasteiger partial charge in [0.2, 0.25) is 0 Å². The van der Waals surface area contributed by atoms with Crippen LogP contribution in [0.2, 0.25) is 0 Å². The number of nitrogens with zero attached hydrogens (tertiary/aromatic N) is 1. The summed E-state index contributed by atoms with van der Waals surface area (Å²) in [7, 11) is 0. The molecule has 0 aliphatic carbocycles. The molecule has 0 aliphatic heterocycles. The van der Waals surface area contributed by atoms with Crippen LogP contribution in [0, 0.1) is 5.92 Å². The summed E-state index contributed by atoms with van der Waals surface area (Å²) < 4.78 is 0. The van der Waals surface area contributed by atoms with Crippen LogP contribution in [-0.2, 0) is 0 Å². The normalized spacial score (nSPS) is 16.8. The van der Waals surface area contributed by atoms with Gasteiger partial charge in [-0.05, 0) is 36.3 Å². The molecule has 3 unspecified atom stereocenters. The summed E-state index contributed by atoms with van der Waals surface area (Å²) in [5.74, 6) is 1.23. The summed E-state index contributed by atoms with van der Waals surface area (Å²) in [5.41, 5.74) is 7.20. The fourth-order valence-corrected chi connectivity index (χ4v) is 2.72. The molecule has 1 aromatic rings. The van der Waals surface area contributed by atoms with Crippen LogP contribution in [0.15, 0.2) is 24.5 Å². The zero-order valence-corrected chi connectivity index (χ0v) is 10.7. The van der Waals surface area contributed by atoms with Crippen LogP contribution in [0.3, 0.4) is 0 Å². The third kappa shape index (κ3) is 4.12. The van der Waals surface area contributed by atoms with E-state index in [9.17, 15) is 0 Å². The predicted octanol–water partition coefficient (Wildman–Crippen LogP) is 1.83. The molecule has 16 heavy (non-hydrogen) atoms. The molecular weight excluding hydrogens is 220 g/mol. The van der Waals surface area contributed by atoms with E-state index in [0.717, 1.165) is 5.75 Å². The van der Waals surface area contributed by atoms with Crippen molar-refractivity contribution in [2.45, 2.75) is 25.1 Å². The largest absolute Gasteiger partial charge is 0.396 e. The molecule has 3 nitrogen and oxygen atoms in total. The average molecular weight is 240 g/mol. The average Bonchev–Trinajstić information content (AvgIpc) is 2.30. The Balaban J connectivity index is 2.62. The number of aliphatic hydroxyl groups is 1. The molecular formula is C12H20N2OS. The lowest BCUT2D eigenvalue weighted by atomic mass is 10.1. The van der Waals surface area contributed by atoms with Gasteiger partial charge in [0.05, 0.1) is 0 Å². The first-order valence-electron chi connectivity index (χ1n) is 5.53. The molecule has 4 heteroatoms. The molecule has 0 aromatic carbocycles. The van der Waals surface area contributed by atoms with E-state index in [0.29, 0.717) is 5.92 Å². The van der Waals surface area contributed by atoms with Crippen LogP contribution < -0.4 is 5.73 Å². The molecule has 1 aromatic heterocycles. The fraction of sp³-hybridized carbons (Fsp3) is 0.583. The second-order valence-electron chi connectivity index (χ2n) is 4.18. The highest BCUT2D eigenvalue weighted by Gasteiger charge is 2.17. The van der Waals surface area contributed by atoms with Gasteiger partial charge in [0.15, 0.2) is 0 Å². The Kier molecular flexibility index (Phi) is 5.80. The topological polar surface area (TPSA) is 59.1 Å². The van der Waals surface area contributed by atoms with Crippen molar-refractivity contribution < 1.29 is 5.11 Å². The van der Waals surface area contributed by atoms with Gasteiger partial charge in [-0.3, -0.25) is 4.98 Å². The summed E-state index contributed by atoms with van der Waals surface area (Å²) in [6.45, 7) is 4.29. The molecule has 1 rings (SSSR count). The molecule has 0 saturated carbocycles. The number of aliphatic hydroxyl groups excluding tert-OH is 1. The zero-order valence-electron chi connectivity index (χ0n) is 9.84. The Morgan fingerprint density at radius 1 is 1.38 bits per heavy atom. The molecule has 0 bridgehead atoms. The maximum Gasteiger partial charge on any atom is 0.0464 e. The van der Waals surface area contributed by atoms with Gasteiger partial charge in [0, 0.05) is 30.3 Å². The Morgan fingerprint density at radius 2 is 2.00 bits per heavy atom. The number of nitrogens with two attached hydrogens (primary N) is 1. The van der Waals surface area contributed by atoms with Crippen molar-refractivity contribution in [2.75, 3.05) is 12.4 Å². The molecule has 3 atom stereocenters. The lowest BCUT2D eigenvalue weighted by molar-refractivity contribution is 0.250. The lowest BCUT2D eigenvalue weighted by Gasteiger charge is -2.22. The number of hydrogen-bond acceptors (Lipinski definition) is 4. The van der Waals surface area contributed by atoms with E-state index >= 15 is 0 Å². The number of rotatable bonds is 6. The SMILES string of the molecule is CC(CO)CSC(c1ccncc1)C(C)N. The number of pyridine rings is 1. The van der Waals surface area contributed by atoms with Crippen LogP contribution in [0.4, 0.5) is 0 Å². The van der Waals surface area contributed by atoms with Crippen molar-refractivity contribution in [1.82, 2.24) is 4.98 Å². The van der Waals surface area contributed by atoms with Crippen molar-refractivity contribution in [3.8, 4) is 0 Å². The quantitative estimate of drug-likeness (QED) is 0.796. The monoisotopic (exact) mass is 240 g/mol. The van der Waals surface area contributed by atoms with E-state index in [-0.39, 0.29) is 17.9 Å². The van der Waals surface area contributed by atoms with Crippen LogP contribution in [0.5, 0.6) is 0 Å². The maximum absolute atomic E-state index is 9.00. The Labute approximate surface area is 101 Å². The van der Waals surface area contributed by atoms with Gasteiger partial charge >= 0.3 is 0 Å². The summed E-state index contributed by atoms with van der Waals surface area (Å²) in [6, 6.07) is 4.10. The first-order chi connectivity index (χ1) is 7.65. The van der Waals surface area contributed by atoms with Crippen molar-refractivity contribution in [2.24, 2.45) is 11.7 Å². The van der Waals surface area contributed by atoms with Gasteiger partial charge in [0.1, 0.15) is 0 Å². The smallest absolute Gasteiger partial charge is 0.0464 e. The molecule has 1 heterocycles. The summed E-state index contributed by atoms with van der Waals surface area (Å²) in [6.07, 6.45) is 3.58. The predicted molar refractivity (Wildman–Crippen MR) is 69.3 cm³/mol. The second kappa shape index (κ2) is 6.89. The molecule has 0 radical (unpaired) electrons. The van der Waals surface area contributed by atoms with Crippen LogP contribution in [-0.4, -0.2) is 28.5 Å². The highest BCUT2D eigenvalue weighted by Crippen LogP contribution is 2.32. The molecule has 90 valence electrons. The van der Waals surface area contributed by atoms with Crippen molar-refractivity contribution in [3.63, 3.8) is 0 Å².